The monoisotopic (exact) mass is 324 g/mol. The fourth-order valence-electron chi connectivity index (χ4n) is 2.21. The Balaban J connectivity index is 1.79. The number of nitrogens with one attached hydrogen (secondary N) is 2. The maximum Gasteiger partial charge on any atom is 0.320 e. The molecule has 0 saturated heterocycles. The minimum atomic E-state index is -0.279. The van der Waals surface area contributed by atoms with Crippen molar-refractivity contribution in [2.24, 2.45) is 0 Å². The number of hydrogen-bond donors (Lipinski definition) is 2. The quantitative estimate of drug-likeness (QED) is 0.768. The van der Waals surface area contributed by atoms with Crippen molar-refractivity contribution in [3.63, 3.8) is 0 Å². The van der Waals surface area contributed by atoms with Crippen LogP contribution >= 0.6 is 11.3 Å². The summed E-state index contributed by atoms with van der Waals surface area (Å²) in [5.41, 5.74) is 2.64. The molecule has 2 aromatic heterocycles. The zero-order valence-electron chi connectivity index (χ0n) is 12.6. The van der Waals surface area contributed by atoms with Crippen molar-refractivity contribution in [2.45, 2.75) is 13.0 Å². The Morgan fingerprint density at radius 3 is 2.70 bits per heavy atom. The van der Waals surface area contributed by atoms with Crippen molar-refractivity contribution in [2.75, 3.05) is 5.32 Å². The second-order valence-electron chi connectivity index (χ2n) is 5.00. The smallest absolute Gasteiger partial charge is 0.320 e. The highest BCUT2D eigenvalue weighted by molar-refractivity contribution is 7.09. The van der Waals surface area contributed by atoms with Gasteiger partial charge in [0, 0.05) is 29.7 Å². The van der Waals surface area contributed by atoms with E-state index in [9.17, 15) is 4.79 Å². The fraction of sp³-hybridized carbons (Fsp3) is 0.118. The first-order valence-corrected chi connectivity index (χ1v) is 8.04. The molecule has 3 rings (SSSR count). The highest BCUT2D eigenvalue weighted by Gasteiger charge is 2.19. The van der Waals surface area contributed by atoms with Gasteiger partial charge in [0.1, 0.15) is 11.0 Å². The number of anilines is 1. The summed E-state index contributed by atoms with van der Waals surface area (Å²) in [6.07, 6.45) is 5.10. The number of amides is 2. The van der Waals surface area contributed by atoms with Gasteiger partial charge in [0.05, 0.1) is 0 Å². The predicted octanol–water partition coefficient (Wildman–Crippen LogP) is 3.76. The lowest BCUT2D eigenvalue weighted by atomic mass is 10.1. The largest absolute Gasteiger partial charge is 0.324 e. The van der Waals surface area contributed by atoms with Crippen LogP contribution in [-0.4, -0.2) is 16.0 Å². The van der Waals surface area contributed by atoms with Gasteiger partial charge in [-0.05, 0) is 24.1 Å². The van der Waals surface area contributed by atoms with E-state index < -0.39 is 0 Å². The summed E-state index contributed by atoms with van der Waals surface area (Å²) < 4.78 is 0. The van der Waals surface area contributed by atoms with Gasteiger partial charge in [-0.3, -0.25) is 4.98 Å². The molecule has 0 aliphatic carbocycles. The van der Waals surface area contributed by atoms with Crippen molar-refractivity contribution in [3.05, 3.63) is 76.5 Å². The molecule has 0 aliphatic heterocycles. The zero-order valence-corrected chi connectivity index (χ0v) is 13.4. The Bertz CT molecular complexity index is 774. The van der Waals surface area contributed by atoms with E-state index in [0.29, 0.717) is 0 Å². The number of carbonyl (C=O) groups is 1. The molecule has 5 nitrogen and oxygen atoms in total. The molecule has 2 N–H and O–H groups in total. The molecule has 0 unspecified atom stereocenters. The average molecular weight is 324 g/mol. The molecule has 0 fully saturated rings. The molecule has 0 bridgehead atoms. The topological polar surface area (TPSA) is 66.9 Å². The van der Waals surface area contributed by atoms with Gasteiger partial charge in [-0.1, -0.05) is 30.3 Å². The standard InChI is InChI=1S/C17H16N4OS/c1-12-11-18-8-7-14(12)20-17(22)21-15(16-19-9-10-23-16)13-5-3-2-4-6-13/h2-11,15H,1H3,(H2,18,20,21,22)/t15-/m1/s1. The van der Waals surface area contributed by atoms with Gasteiger partial charge in [0.25, 0.3) is 0 Å². The number of rotatable bonds is 4. The first-order valence-electron chi connectivity index (χ1n) is 7.16. The number of carbonyl (C=O) groups excluding carboxylic acids is 1. The maximum absolute atomic E-state index is 12.4. The summed E-state index contributed by atoms with van der Waals surface area (Å²) in [4.78, 5) is 20.7. The summed E-state index contributed by atoms with van der Waals surface area (Å²) in [5, 5.41) is 8.59. The molecule has 6 heteroatoms. The Kier molecular flexibility index (Phi) is 4.63. The Hall–Kier alpha value is -2.73. The second-order valence-corrected chi connectivity index (χ2v) is 5.93. The predicted molar refractivity (Wildman–Crippen MR) is 91.5 cm³/mol. The molecule has 2 heterocycles. The number of aryl methyl sites for hydroxylation is 1. The molecular weight excluding hydrogens is 308 g/mol. The Morgan fingerprint density at radius 1 is 1.17 bits per heavy atom. The summed E-state index contributed by atoms with van der Waals surface area (Å²) in [7, 11) is 0. The van der Waals surface area contributed by atoms with Crippen LogP contribution in [0, 0.1) is 6.92 Å². The van der Waals surface area contributed by atoms with Crippen molar-refractivity contribution >= 4 is 23.1 Å². The number of benzene rings is 1. The van der Waals surface area contributed by atoms with Crippen molar-refractivity contribution in [1.82, 2.24) is 15.3 Å². The maximum atomic E-state index is 12.4. The van der Waals surface area contributed by atoms with Crippen LogP contribution in [0.3, 0.4) is 0 Å². The molecule has 116 valence electrons. The molecule has 1 atom stereocenters. The van der Waals surface area contributed by atoms with Crippen LogP contribution in [0.2, 0.25) is 0 Å². The lowest BCUT2D eigenvalue weighted by Gasteiger charge is -2.18. The normalized spacial score (nSPS) is 11.7. The third-order valence-corrected chi connectivity index (χ3v) is 4.22. The van der Waals surface area contributed by atoms with E-state index in [1.54, 1.807) is 24.7 Å². The first kappa shape index (κ1) is 15.2. The van der Waals surface area contributed by atoms with Gasteiger partial charge in [-0.25, -0.2) is 9.78 Å². The van der Waals surface area contributed by atoms with Gasteiger partial charge in [0.2, 0.25) is 0 Å². The van der Waals surface area contributed by atoms with E-state index >= 15 is 0 Å². The van der Waals surface area contributed by atoms with Crippen LogP contribution in [0.15, 0.2) is 60.4 Å². The number of pyridine rings is 1. The minimum Gasteiger partial charge on any atom is -0.324 e. The van der Waals surface area contributed by atoms with Crippen molar-refractivity contribution < 1.29 is 4.79 Å². The van der Waals surface area contributed by atoms with Gasteiger partial charge in [0.15, 0.2) is 0 Å². The molecule has 0 radical (unpaired) electrons. The summed E-state index contributed by atoms with van der Waals surface area (Å²) in [6.45, 7) is 1.90. The van der Waals surface area contributed by atoms with Crippen LogP contribution in [0.25, 0.3) is 0 Å². The van der Waals surface area contributed by atoms with E-state index in [1.165, 1.54) is 11.3 Å². The third kappa shape index (κ3) is 3.73. The number of urea groups is 1. The van der Waals surface area contributed by atoms with Crippen LogP contribution in [0.4, 0.5) is 10.5 Å². The number of nitrogens with zero attached hydrogens (tertiary/aromatic N) is 2. The lowest BCUT2D eigenvalue weighted by molar-refractivity contribution is 0.250. The van der Waals surface area contributed by atoms with E-state index in [4.69, 9.17) is 0 Å². The molecule has 0 aliphatic rings. The van der Waals surface area contributed by atoms with Gasteiger partial charge < -0.3 is 10.6 Å². The van der Waals surface area contributed by atoms with Gasteiger partial charge >= 0.3 is 6.03 Å². The number of thiazole rings is 1. The highest BCUT2D eigenvalue weighted by atomic mass is 32.1. The Morgan fingerprint density at radius 2 is 2.00 bits per heavy atom. The van der Waals surface area contributed by atoms with Crippen LogP contribution in [0.5, 0.6) is 0 Å². The number of aromatic nitrogens is 2. The SMILES string of the molecule is Cc1cnccc1NC(=O)N[C@H](c1ccccc1)c1nccs1. The van der Waals surface area contributed by atoms with Crippen LogP contribution in [0.1, 0.15) is 22.2 Å². The summed E-state index contributed by atoms with van der Waals surface area (Å²) >= 11 is 1.51. The molecule has 23 heavy (non-hydrogen) atoms. The van der Waals surface area contributed by atoms with E-state index in [1.807, 2.05) is 42.6 Å². The summed E-state index contributed by atoms with van der Waals surface area (Å²) in [6, 6.07) is 11.0. The molecule has 2 amide bonds. The van der Waals surface area contributed by atoms with Crippen molar-refractivity contribution in [3.8, 4) is 0 Å². The van der Waals surface area contributed by atoms with E-state index in [-0.39, 0.29) is 12.1 Å². The average Bonchev–Trinajstić information content (AvgIpc) is 3.10. The van der Waals surface area contributed by atoms with Crippen LogP contribution < -0.4 is 10.6 Å². The molecule has 1 aromatic carbocycles. The molecule has 3 aromatic rings. The van der Waals surface area contributed by atoms with Gasteiger partial charge in [-0.15, -0.1) is 11.3 Å². The van der Waals surface area contributed by atoms with Crippen LogP contribution in [-0.2, 0) is 0 Å². The molecule has 0 saturated carbocycles. The highest BCUT2D eigenvalue weighted by Crippen LogP contribution is 2.24. The second kappa shape index (κ2) is 7.02. The minimum absolute atomic E-state index is 0.275. The molecular formula is C17H16N4OS. The van der Waals surface area contributed by atoms with Crippen molar-refractivity contribution in [1.29, 1.82) is 0 Å². The summed E-state index contributed by atoms with van der Waals surface area (Å²) in [5.74, 6) is 0. The van der Waals surface area contributed by atoms with E-state index in [2.05, 4.69) is 20.6 Å². The lowest BCUT2D eigenvalue weighted by Crippen LogP contribution is -2.33. The first-order chi connectivity index (χ1) is 11.2. The van der Waals surface area contributed by atoms with Gasteiger partial charge in [-0.2, -0.15) is 0 Å². The fourth-order valence-corrected chi connectivity index (χ4v) is 2.93. The van der Waals surface area contributed by atoms with E-state index in [0.717, 1.165) is 21.8 Å². The number of hydrogen-bond acceptors (Lipinski definition) is 4. The molecule has 0 spiro atoms. The Labute approximate surface area is 138 Å². The third-order valence-electron chi connectivity index (χ3n) is 3.38. The zero-order chi connectivity index (χ0) is 16.1.